The Balaban J connectivity index is 0.760. The van der Waals surface area contributed by atoms with Gasteiger partial charge in [0.05, 0.1) is 62.0 Å². The summed E-state index contributed by atoms with van der Waals surface area (Å²) in [4.78, 5) is 81.3. The van der Waals surface area contributed by atoms with Gasteiger partial charge in [-0.05, 0) is 78.1 Å². The summed E-state index contributed by atoms with van der Waals surface area (Å²) in [6.45, 7) is 7.83. The molecular formula is C58H61N7O10. The Kier molecular flexibility index (Phi) is 15.3. The third kappa shape index (κ3) is 10.7. The molecule has 0 saturated heterocycles. The first kappa shape index (κ1) is 51.4. The normalized spacial score (nSPS) is 18.0. The van der Waals surface area contributed by atoms with Crippen LogP contribution in [0.1, 0.15) is 84.7 Å². The zero-order valence-electron chi connectivity index (χ0n) is 42.8. The van der Waals surface area contributed by atoms with E-state index >= 15 is 0 Å². The highest BCUT2D eigenvalue weighted by molar-refractivity contribution is 6.05. The molecule has 0 bridgehead atoms. The monoisotopic (exact) mass is 1020 g/mol. The molecular weight excluding hydrogens is 955 g/mol. The predicted molar refractivity (Wildman–Crippen MR) is 285 cm³/mol. The zero-order valence-corrected chi connectivity index (χ0v) is 42.8. The van der Waals surface area contributed by atoms with Gasteiger partial charge in [-0.1, -0.05) is 86.7 Å². The molecule has 5 amide bonds. The molecule has 4 aromatic carbocycles. The van der Waals surface area contributed by atoms with E-state index in [1.165, 1.54) is 19.1 Å². The highest BCUT2D eigenvalue weighted by Crippen LogP contribution is 2.46. The second kappa shape index (κ2) is 22.3. The van der Waals surface area contributed by atoms with Crippen LogP contribution in [-0.4, -0.2) is 127 Å². The summed E-state index contributed by atoms with van der Waals surface area (Å²) in [5, 5.41) is 16.1. The average Bonchev–Trinajstić information content (AvgIpc) is 4.06. The maximum Gasteiger partial charge on any atom is 0.408 e. The molecule has 3 N–H and O–H groups in total. The summed E-state index contributed by atoms with van der Waals surface area (Å²) >= 11 is 0. The fourth-order valence-corrected chi connectivity index (χ4v) is 10.3. The summed E-state index contributed by atoms with van der Waals surface area (Å²) in [5.41, 5.74) is 7.73. The van der Waals surface area contributed by atoms with Crippen molar-refractivity contribution in [1.82, 2.24) is 25.3 Å². The molecule has 0 saturated carbocycles. The van der Waals surface area contributed by atoms with E-state index < -0.39 is 30.0 Å². The van der Waals surface area contributed by atoms with Gasteiger partial charge >= 0.3 is 6.09 Å². The van der Waals surface area contributed by atoms with Gasteiger partial charge in [-0.2, -0.15) is 0 Å². The molecule has 75 heavy (non-hydrogen) atoms. The summed E-state index contributed by atoms with van der Waals surface area (Å²) in [5.74, 6) is -0.411. The number of nitrogens with one attached hydrogen (secondary N) is 2. The van der Waals surface area contributed by atoms with Gasteiger partial charge in [-0.15, -0.1) is 0 Å². The van der Waals surface area contributed by atoms with Crippen LogP contribution in [-0.2, 0) is 9.59 Å². The third-order valence-electron chi connectivity index (χ3n) is 14.0. The highest BCUT2D eigenvalue weighted by atomic mass is 16.5. The molecule has 388 valence electrons. The van der Waals surface area contributed by atoms with Crippen molar-refractivity contribution >= 4 is 53.5 Å². The molecule has 4 atom stereocenters. The van der Waals surface area contributed by atoms with Crippen LogP contribution in [0.2, 0.25) is 0 Å². The van der Waals surface area contributed by atoms with Crippen molar-refractivity contribution in [2.24, 2.45) is 15.9 Å². The van der Waals surface area contributed by atoms with Gasteiger partial charge in [0.1, 0.15) is 12.1 Å². The molecule has 4 heterocycles. The van der Waals surface area contributed by atoms with Crippen molar-refractivity contribution < 1.29 is 48.0 Å². The Hall–Kier alpha value is -8.47. The summed E-state index contributed by atoms with van der Waals surface area (Å²) in [7, 11) is 3.03. The quantitative estimate of drug-likeness (QED) is 0.0763. The summed E-state index contributed by atoms with van der Waals surface area (Å²) in [6, 6.07) is 20.0. The summed E-state index contributed by atoms with van der Waals surface area (Å²) in [6.07, 6.45) is 15.1. The van der Waals surface area contributed by atoms with Crippen LogP contribution in [0.25, 0.3) is 11.1 Å². The van der Waals surface area contributed by atoms with Crippen LogP contribution >= 0.6 is 0 Å². The van der Waals surface area contributed by atoms with Crippen LogP contribution in [0.5, 0.6) is 23.0 Å². The van der Waals surface area contributed by atoms with Gasteiger partial charge in [-0.3, -0.25) is 34.1 Å². The van der Waals surface area contributed by atoms with Gasteiger partial charge in [0, 0.05) is 62.4 Å². The SMILES string of the molecule is CC=CC1=CN2C(=O)c3cc(OC)c(OCCCOc4cc5c(cc4OC)C(=O)N4C=C(C=CCNC(=O)[C@H](C)NC(=O)[C@H](C(C)C)N(CC6c7ccccc7-c7ccccc76)C(=O)O)C[C@H]4C=N5)cc3N=C[C@@H]2C1. The van der Waals surface area contributed by atoms with Crippen LogP contribution < -0.4 is 29.6 Å². The molecule has 0 unspecified atom stereocenters. The van der Waals surface area contributed by atoms with E-state index in [2.05, 4.69) is 15.6 Å². The van der Waals surface area contributed by atoms with Crippen molar-refractivity contribution in [1.29, 1.82) is 0 Å². The van der Waals surface area contributed by atoms with Crippen LogP contribution in [0.3, 0.4) is 0 Å². The number of hydrogen-bond donors (Lipinski definition) is 3. The first-order valence-corrected chi connectivity index (χ1v) is 25.2. The minimum absolute atomic E-state index is 0.0701. The average molecular weight is 1020 g/mol. The van der Waals surface area contributed by atoms with E-state index in [4.69, 9.17) is 23.9 Å². The van der Waals surface area contributed by atoms with Gasteiger partial charge in [0.2, 0.25) is 11.8 Å². The number of ether oxygens (including phenoxy) is 4. The number of methoxy groups -OCH3 is 2. The van der Waals surface area contributed by atoms with E-state index in [0.717, 1.165) is 33.4 Å². The lowest BCUT2D eigenvalue weighted by molar-refractivity contribution is -0.132. The van der Waals surface area contributed by atoms with Crippen molar-refractivity contribution in [2.45, 2.75) is 77.0 Å². The van der Waals surface area contributed by atoms with E-state index in [1.54, 1.807) is 79.5 Å². The van der Waals surface area contributed by atoms with Crippen molar-refractivity contribution in [2.75, 3.05) is 40.5 Å². The zero-order chi connectivity index (χ0) is 52.9. The minimum Gasteiger partial charge on any atom is -0.493 e. The summed E-state index contributed by atoms with van der Waals surface area (Å²) < 4.78 is 23.5. The molecule has 0 radical (unpaired) electrons. The number of nitrogens with zero attached hydrogens (tertiary/aromatic N) is 5. The number of fused-ring (bicyclic) bond motifs is 7. The van der Waals surface area contributed by atoms with Crippen LogP contribution in [0.15, 0.2) is 131 Å². The Bertz CT molecular complexity index is 3060. The van der Waals surface area contributed by atoms with Crippen LogP contribution in [0, 0.1) is 5.92 Å². The van der Waals surface area contributed by atoms with E-state index in [1.807, 2.05) is 79.9 Å². The number of amides is 5. The second-order valence-corrected chi connectivity index (χ2v) is 19.3. The minimum atomic E-state index is -1.22. The Morgan fingerprint density at radius 3 is 1.75 bits per heavy atom. The molecule has 5 aliphatic rings. The number of carbonyl (C=O) groups is 5. The number of carbonyl (C=O) groups excluding carboxylic acids is 4. The second-order valence-electron chi connectivity index (χ2n) is 19.3. The molecule has 0 spiro atoms. The fraction of sp³-hybridized carbons (Fsp3) is 0.328. The fourth-order valence-electron chi connectivity index (χ4n) is 10.3. The van der Waals surface area contributed by atoms with Gasteiger partial charge in [-0.25, -0.2) is 4.79 Å². The van der Waals surface area contributed by atoms with Crippen LogP contribution in [0.4, 0.5) is 16.2 Å². The number of benzene rings is 4. The van der Waals surface area contributed by atoms with Gasteiger partial charge < -0.3 is 44.5 Å². The molecule has 0 fully saturated rings. The molecule has 17 nitrogen and oxygen atoms in total. The molecule has 4 aliphatic heterocycles. The number of carboxylic acid groups (broad SMARTS) is 1. The number of rotatable bonds is 19. The first-order chi connectivity index (χ1) is 36.3. The maximum absolute atomic E-state index is 14.0. The Morgan fingerprint density at radius 1 is 0.733 bits per heavy atom. The van der Waals surface area contributed by atoms with E-state index in [0.29, 0.717) is 64.8 Å². The lowest BCUT2D eigenvalue weighted by atomic mass is 9.94. The van der Waals surface area contributed by atoms with Crippen molar-refractivity contribution in [3.8, 4) is 34.1 Å². The molecule has 17 heteroatoms. The lowest BCUT2D eigenvalue weighted by Crippen LogP contribution is -2.56. The number of allylic oxidation sites excluding steroid dienone is 3. The lowest BCUT2D eigenvalue weighted by Gasteiger charge is -2.34. The smallest absolute Gasteiger partial charge is 0.408 e. The first-order valence-electron chi connectivity index (χ1n) is 25.2. The van der Waals surface area contributed by atoms with Gasteiger partial charge in [0.15, 0.2) is 23.0 Å². The van der Waals surface area contributed by atoms with E-state index in [9.17, 15) is 29.1 Å². The maximum atomic E-state index is 14.0. The van der Waals surface area contributed by atoms with E-state index in [-0.39, 0.29) is 62.0 Å². The third-order valence-corrected chi connectivity index (χ3v) is 14.0. The topological polar surface area (TPSA) is 201 Å². The Labute approximate surface area is 435 Å². The number of hydrogen-bond acceptors (Lipinski definition) is 11. The largest absolute Gasteiger partial charge is 0.493 e. The molecule has 9 rings (SSSR count). The Morgan fingerprint density at radius 2 is 1.25 bits per heavy atom. The molecule has 0 aromatic heterocycles. The molecule has 4 aromatic rings. The standard InChI is InChI=1S/C58H61N7O10/c1-7-14-36-23-38-29-60-47-27-51(49(72-5)25-44(47)56(68)63(38)31-36)74-21-13-22-75-52-28-48-45(26-50(52)73-6)57(69)64-32-37(24-39(64)30-61-48)15-12-20-59-54(66)35(4)62-55(67)53(34(2)3)65(58(70)71)33-46-42-18-10-8-16-40(42)41-17-9-11-19-43(41)46/h7-12,14-19,25-32,34-35,38-39,46,53H,13,20-24,33H2,1-6H3,(H,59,66)(H,62,67)(H,70,71)/t35-,38-,39-,53-/m0/s1. The molecule has 1 aliphatic carbocycles. The van der Waals surface area contributed by atoms with Gasteiger partial charge in [0.25, 0.3) is 11.8 Å². The van der Waals surface area contributed by atoms with Crippen molar-refractivity contribution in [3.05, 3.63) is 143 Å². The highest BCUT2D eigenvalue weighted by Gasteiger charge is 2.39. The predicted octanol–water partition coefficient (Wildman–Crippen LogP) is 8.75. The van der Waals surface area contributed by atoms with Crippen molar-refractivity contribution in [3.63, 3.8) is 0 Å². The number of aliphatic imine (C=N–C) groups is 2.